The summed E-state index contributed by atoms with van der Waals surface area (Å²) in [5.41, 5.74) is 4.94. The molecule has 0 rings (SSSR count). The van der Waals surface area contributed by atoms with Crippen LogP contribution in [0.15, 0.2) is 0 Å². The second-order valence-electron chi connectivity index (χ2n) is 1.69. The minimum absolute atomic E-state index is 0.190. The SMILES string of the molecule is N[C@@H](CS)C(=O)O.O=[PH](O)O.O=[PH](O)O. The van der Waals surface area contributed by atoms with Crippen LogP contribution in [0.5, 0.6) is 0 Å². The molecule has 0 saturated carbocycles. The van der Waals surface area contributed by atoms with Crippen LogP contribution in [0.4, 0.5) is 0 Å². The fraction of sp³-hybridized carbons (Fsp3) is 0.667. The van der Waals surface area contributed by atoms with Crippen molar-refractivity contribution >= 4 is 35.1 Å². The van der Waals surface area contributed by atoms with Gasteiger partial charge in [0.1, 0.15) is 6.04 Å². The Labute approximate surface area is 91.9 Å². The number of hydrogen-bond acceptors (Lipinski definition) is 5. The Morgan fingerprint density at radius 1 is 1.20 bits per heavy atom. The molecule has 0 fully saturated rings. The average Bonchev–Trinajstić information content (AvgIpc) is 2.00. The molecule has 0 amide bonds. The molecule has 0 heterocycles. The van der Waals surface area contributed by atoms with Crippen LogP contribution < -0.4 is 5.73 Å². The monoisotopic (exact) mass is 285 g/mol. The molecule has 0 bridgehead atoms. The van der Waals surface area contributed by atoms with Gasteiger partial charge in [0.2, 0.25) is 0 Å². The van der Waals surface area contributed by atoms with Gasteiger partial charge in [-0.2, -0.15) is 12.6 Å². The molecule has 0 aliphatic carbocycles. The summed E-state index contributed by atoms with van der Waals surface area (Å²) in [7, 11) is -6.26. The van der Waals surface area contributed by atoms with E-state index in [1.807, 2.05) is 0 Å². The lowest BCUT2D eigenvalue weighted by Gasteiger charge is -1.96. The van der Waals surface area contributed by atoms with E-state index in [9.17, 15) is 4.79 Å². The smallest absolute Gasteiger partial charge is 0.321 e. The maximum Gasteiger partial charge on any atom is 0.321 e. The van der Waals surface area contributed by atoms with E-state index in [0.717, 1.165) is 0 Å². The number of carbonyl (C=O) groups is 1. The molecule has 0 radical (unpaired) electrons. The quantitative estimate of drug-likeness (QED) is 0.224. The van der Waals surface area contributed by atoms with Crippen LogP contribution in [-0.2, 0) is 13.9 Å². The fourth-order valence-electron chi connectivity index (χ4n) is 0.0781. The zero-order valence-corrected chi connectivity index (χ0v) is 10.2. The number of nitrogens with two attached hydrogens (primary N) is 1. The zero-order chi connectivity index (χ0) is 13.0. The molecule has 94 valence electrons. The summed E-state index contributed by atoms with van der Waals surface area (Å²) >= 11 is 3.65. The molecule has 0 unspecified atom stereocenters. The van der Waals surface area contributed by atoms with Gasteiger partial charge in [-0.3, -0.25) is 13.9 Å². The maximum atomic E-state index is 9.76. The Bertz CT molecular complexity index is 192. The highest BCUT2D eigenvalue weighted by Crippen LogP contribution is 1.98. The van der Waals surface area contributed by atoms with Crippen molar-refractivity contribution in [1.82, 2.24) is 0 Å². The Hall–Kier alpha value is 0.0800. The van der Waals surface area contributed by atoms with Gasteiger partial charge in [0, 0.05) is 5.75 Å². The molecule has 7 N–H and O–H groups in total. The van der Waals surface area contributed by atoms with Gasteiger partial charge in [0.15, 0.2) is 0 Å². The summed E-state index contributed by atoms with van der Waals surface area (Å²) in [5.74, 6) is -0.815. The van der Waals surface area contributed by atoms with Crippen LogP contribution >= 0.6 is 29.1 Å². The van der Waals surface area contributed by atoms with E-state index in [1.54, 1.807) is 0 Å². The van der Waals surface area contributed by atoms with Crippen molar-refractivity contribution in [3.63, 3.8) is 0 Å². The molecule has 0 saturated heterocycles. The Morgan fingerprint density at radius 3 is 1.40 bits per heavy atom. The molecule has 15 heavy (non-hydrogen) atoms. The third kappa shape index (κ3) is 55.6. The van der Waals surface area contributed by atoms with Crippen LogP contribution in [0.3, 0.4) is 0 Å². The molecule has 0 aliphatic heterocycles. The largest absolute Gasteiger partial charge is 0.480 e. The van der Waals surface area contributed by atoms with Crippen molar-refractivity contribution in [2.75, 3.05) is 5.75 Å². The van der Waals surface area contributed by atoms with Gasteiger partial charge < -0.3 is 30.4 Å². The Balaban J connectivity index is -0.000000155. The molecule has 1 atom stereocenters. The molecule has 12 heteroatoms. The highest BCUT2D eigenvalue weighted by atomic mass is 32.1. The third-order valence-corrected chi connectivity index (χ3v) is 0.907. The second-order valence-corrected chi connectivity index (χ2v) is 3.19. The van der Waals surface area contributed by atoms with Crippen molar-refractivity contribution < 1.29 is 38.6 Å². The first-order chi connectivity index (χ1) is 6.64. The molecule has 0 aromatic heterocycles. The second kappa shape index (κ2) is 14.1. The van der Waals surface area contributed by atoms with Crippen molar-refractivity contribution in [3.05, 3.63) is 0 Å². The van der Waals surface area contributed by atoms with Crippen molar-refractivity contribution in [2.45, 2.75) is 6.04 Å². The van der Waals surface area contributed by atoms with E-state index < -0.39 is 28.5 Å². The first kappa shape index (κ1) is 20.5. The lowest BCUT2D eigenvalue weighted by Crippen LogP contribution is -2.31. The van der Waals surface area contributed by atoms with E-state index in [0.29, 0.717) is 0 Å². The van der Waals surface area contributed by atoms with Crippen LogP contribution in [0.25, 0.3) is 0 Å². The summed E-state index contributed by atoms with van der Waals surface area (Å²) < 4.78 is 17.5. The maximum absolute atomic E-state index is 9.76. The van der Waals surface area contributed by atoms with Crippen LogP contribution in [0.1, 0.15) is 0 Å². The van der Waals surface area contributed by atoms with Crippen LogP contribution in [0.2, 0.25) is 0 Å². The molecule has 0 aromatic carbocycles. The molecule has 9 nitrogen and oxygen atoms in total. The van der Waals surface area contributed by atoms with Gasteiger partial charge in [-0.05, 0) is 0 Å². The van der Waals surface area contributed by atoms with Gasteiger partial charge in [0.05, 0.1) is 0 Å². The Morgan fingerprint density at radius 2 is 1.40 bits per heavy atom. The van der Waals surface area contributed by atoms with Crippen LogP contribution in [0, 0.1) is 0 Å². The first-order valence-corrected chi connectivity index (χ1v) is 6.31. The van der Waals surface area contributed by atoms with Gasteiger partial charge >= 0.3 is 22.5 Å². The summed E-state index contributed by atoms with van der Waals surface area (Å²) in [5, 5.41) is 8.01. The lowest BCUT2D eigenvalue weighted by molar-refractivity contribution is -0.137. The van der Waals surface area contributed by atoms with Gasteiger partial charge in [-0.15, -0.1) is 0 Å². The number of carboxylic acid groups (broad SMARTS) is 1. The molecule has 0 aliphatic rings. The zero-order valence-electron chi connectivity index (χ0n) is 7.27. The highest BCUT2D eigenvalue weighted by Gasteiger charge is 2.06. The number of aliphatic carboxylic acids is 1. The minimum Gasteiger partial charge on any atom is -0.480 e. The standard InChI is InChI=1S/C3H7NO2S.2H3O3P/c4-2(1-7)3(5)6;2*1-4(2)3/h2,7H,1,4H2,(H,5,6);2*4H,(H2,1,2,3)/t2-;;/m0../s1. The van der Waals surface area contributed by atoms with E-state index in [2.05, 4.69) is 12.6 Å². The van der Waals surface area contributed by atoms with Gasteiger partial charge in [-0.1, -0.05) is 0 Å². The highest BCUT2D eigenvalue weighted by molar-refractivity contribution is 7.80. The number of thiol groups is 1. The van der Waals surface area contributed by atoms with Crippen molar-refractivity contribution in [1.29, 1.82) is 0 Å². The predicted octanol–water partition coefficient (Wildman–Crippen LogP) is -1.95. The molecular weight excluding hydrogens is 272 g/mol. The number of carboxylic acids is 1. The fourth-order valence-corrected chi connectivity index (χ4v) is 0.234. The Kier molecular flexibility index (Phi) is 19.2. The van der Waals surface area contributed by atoms with Crippen LogP contribution in [-0.4, -0.2) is 42.4 Å². The molecule has 0 aromatic rings. The number of rotatable bonds is 2. The summed E-state index contributed by atoms with van der Waals surface area (Å²) in [4.78, 5) is 38.4. The van der Waals surface area contributed by atoms with Gasteiger partial charge in [-0.25, -0.2) is 0 Å². The first-order valence-electron chi connectivity index (χ1n) is 3.08. The van der Waals surface area contributed by atoms with Crippen molar-refractivity contribution in [3.8, 4) is 0 Å². The van der Waals surface area contributed by atoms with E-state index in [4.69, 9.17) is 39.5 Å². The molecular formula is C3H13NO8P2S. The van der Waals surface area contributed by atoms with Crippen molar-refractivity contribution in [2.24, 2.45) is 5.73 Å². The summed E-state index contributed by atoms with van der Waals surface area (Å²) in [6.45, 7) is 0. The topological polar surface area (TPSA) is 178 Å². The predicted molar refractivity (Wildman–Crippen MR) is 56.3 cm³/mol. The molecule has 0 spiro atoms. The average molecular weight is 285 g/mol. The summed E-state index contributed by atoms with van der Waals surface area (Å²) in [6, 6.07) is -0.816. The normalized spacial score (nSPS) is 10.9. The minimum atomic E-state index is -3.13. The lowest BCUT2D eigenvalue weighted by atomic mass is 10.4. The van der Waals surface area contributed by atoms with E-state index in [1.165, 1.54) is 0 Å². The van der Waals surface area contributed by atoms with E-state index in [-0.39, 0.29) is 5.75 Å². The third-order valence-electron chi connectivity index (χ3n) is 0.514. The van der Waals surface area contributed by atoms with E-state index >= 15 is 0 Å². The summed E-state index contributed by atoms with van der Waals surface area (Å²) in [6.07, 6.45) is 0. The number of hydrogen-bond donors (Lipinski definition) is 7. The van der Waals surface area contributed by atoms with Gasteiger partial charge in [0.25, 0.3) is 0 Å².